The summed E-state index contributed by atoms with van der Waals surface area (Å²) in [6, 6.07) is 0.512. The Morgan fingerprint density at radius 2 is 2.05 bits per heavy atom. The number of nitrogens with one attached hydrogen (secondary N) is 1. The van der Waals surface area contributed by atoms with Crippen molar-refractivity contribution in [3.8, 4) is 0 Å². The van der Waals surface area contributed by atoms with Crippen LogP contribution in [0.15, 0.2) is 0 Å². The summed E-state index contributed by atoms with van der Waals surface area (Å²) in [4.78, 5) is 0. The van der Waals surface area contributed by atoms with Gasteiger partial charge in [0, 0.05) is 32.6 Å². The van der Waals surface area contributed by atoms with E-state index in [9.17, 15) is 0 Å². The number of hydrogen-bond acceptors (Lipinski definition) is 4. The zero-order valence-electron chi connectivity index (χ0n) is 12.9. The maximum absolute atomic E-state index is 5.44. The van der Waals surface area contributed by atoms with Crippen LogP contribution in [0.3, 0.4) is 0 Å². The molecule has 0 radical (unpaired) electrons. The first-order chi connectivity index (χ1) is 9.74. The van der Waals surface area contributed by atoms with Gasteiger partial charge in [-0.25, -0.2) is 0 Å². The molecule has 1 N–H and O–H groups in total. The van der Waals surface area contributed by atoms with Crippen molar-refractivity contribution in [3.63, 3.8) is 0 Å². The Balaban J connectivity index is 1.93. The third kappa shape index (κ3) is 3.81. The number of hydrogen-bond donors (Lipinski definition) is 1. The number of nitrogens with zero attached hydrogens (tertiary/aromatic N) is 2. The Morgan fingerprint density at radius 3 is 2.75 bits per heavy atom. The molecule has 114 valence electrons. The lowest BCUT2D eigenvalue weighted by molar-refractivity contribution is 0.0656. The largest absolute Gasteiger partial charge is 0.383 e. The molecule has 1 saturated heterocycles. The van der Waals surface area contributed by atoms with Crippen LogP contribution in [0.25, 0.3) is 0 Å². The van der Waals surface area contributed by atoms with E-state index in [1.165, 1.54) is 17.0 Å². The van der Waals surface area contributed by atoms with E-state index in [1.807, 2.05) is 0 Å². The zero-order chi connectivity index (χ0) is 14.4. The van der Waals surface area contributed by atoms with Gasteiger partial charge in [0.2, 0.25) is 0 Å². The SMILES string of the molecule is COCCNCCc1c(C)nn(C2CCOCC2)c1C. The van der Waals surface area contributed by atoms with Crippen molar-refractivity contribution < 1.29 is 9.47 Å². The molecule has 1 aromatic rings. The molecule has 0 bridgehead atoms. The molecule has 0 amide bonds. The first-order valence-electron chi connectivity index (χ1n) is 7.56. The van der Waals surface area contributed by atoms with E-state index in [-0.39, 0.29) is 0 Å². The van der Waals surface area contributed by atoms with Crippen molar-refractivity contribution in [1.82, 2.24) is 15.1 Å². The van der Waals surface area contributed by atoms with Crippen molar-refractivity contribution in [2.75, 3.05) is 40.0 Å². The topological polar surface area (TPSA) is 48.3 Å². The van der Waals surface area contributed by atoms with Crippen molar-refractivity contribution >= 4 is 0 Å². The van der Waals surface area contributed by atoms with Gasteiger partial charge in [-0.2, -0.15) is 5.10 Å². The smallest absolute Gasteiger partial charge is 0.0629 e. The lowest BCUT2D eigenvalue weighted by atomic mass is 10.1. The highest BCUT2D eigenvalue weighted by Gasteiger charge is 2.20. The molecular formula is C15H27N3O2. The fraction of sp³-hybridized carbons (Fsp3) is 0.800. The Labute approximate surface area is 121 Å². The van der Waals surface area contributed by atoms with E-state index < -0.39 is 0 Å². The average Bonchev–Trinajstić information content (AvgIpc) is 2.75. The summed E-state index contributed by atoms with van der Waals surface area (Å²) < 4.78 is 12.7. The lowest BCUT2D eigenvalue weighted by Crippen LogP contribution is -2.23. The van der Waals surface area contributed by atoms with Gasteiger partial charge < -0.3 is 14.8 Å². The first kappa shape index (κ1) is 15.5. The second-order valence-corrected chi connectivity index (χ2v) is 5.43. The predicted octanol–water partition coefficient (Wildman–Crippen LogP) is 1.63. The maximum Gasteiger partial charge on any atom is 0.0629 e. The second-order valence-electron chi connectivity index (χ2n) is 5.43. The van der Waals surface area contributed by atoms with Gasteiger partial charge in [-0.1, -0.05) is 0 Å². The van der Waals surface area contributed by atoms with Crippen LogP contribution in [0.4, 0.5) is 0 Å². The van der Waals surface area contributed by atoms with E-state index in [0.717, 1.165) is 52.2 Å². The Hall–Kier alpha value is -0.910. The van der Waals surface area contributed by atoms with E-state index in [2.05, 4.69) is 23.8 Å². The Kier molecular flexibility index (Phi) is 6.01. The molecule has 2 rings (SSSR count). The quantitative estimate of drug-likeness (QED) is 0.772. The Bertz CT molecular complexity index is 411. The van der Waals surface area contributed by atoms with Gasteiger partial charge in [0.05, 0.1) is 18.3 Å². The van der Waals surface area contributed by atoms with E-state index >= 15 is 0 Å². The highest BCUT2D eigenvalue weighted by Crippen LogP contribution is 2.24. The first-order valence-corrected chi connectivity index (χ1v) is 7.56. The minimum absolute atomic E-state index is 0.512. The average molecular weight is 281 g/mol. The molecule has 1 aromatic heterocycles. The molecule has 5 nitrogen and oxygen atoms in total. The van der Waals surface area contributed by atoms with Gasteiger partial charge in [0.1, 0.15) is 0 Å². The van der Waals surface area contributed by atoms with Crippen LogP contribution in [0, 0.1) is 13.8 Å². The van der Waals surface area contributed by atoms with Crippen LogP contribution in [-0.2, 0) is 15.9 Å². The molecule has 1 aliphatic rings. The van der Waals surface area contributed by atoms with Crippen LogP contribution in [0.2, 0.25) is 0 Å². The van der Waals surface area contributed by atoms with Gasteiger partial charge in [-0.3, -0.25) is 4.68 Å². The summed E-state index contributed by atoms with van der Waals surface area (Å²) in [7, 11) is 1.73. The molecule has 0 aliphatic carbocycles. The van der Waals surface area contributed by atoms with Gasteiger partial charge in [-0.05, 0) is 45.2 Å². The predicted molar refractivity (Wildman–Crippen MR) is 79.2 cm³/mol. The molecule has 0 unspecified atom stereocenters. The molecule has 1 fully saturated rings. The van der Waals surface area contributed by atoms with E-state index in [1.54, 1.807) is 7.11 Å². The summed E-state index contributed by atoms with van der Waals surface area (Å²) in [5.41, 5.74) is 3.88. The highest BCUT2D eigenvalue weighted by molar-refractivity contribution is 5.25. The fourth-order valence-corrected chi connectivity index (χ4v) is 2.86. The Morgan fingerprint density at radius 1 is 1.30 bits per heavy atom. The van der Waals surface area contributed by atoms with Crippen LogP contribution in [0.5, 0.6) is 0 Å². The lowest BCUT2D eigenvalue weighted by Gasteiger charge is -2.23. The number of ether oxygens (including phenoxy) is 2. The van der Waals surface area contributed by atoms with Crippen molar-refractivity contribution in [1.29, 1.82) is 0 Å². The van der Waals surface area contributed by atoms with Gasteiger partial charge in [0.15, 0.2) is 0 Å². The van der Waals surface area contributed by atoms with Crippen molar-refractivity contribution in [2.24, 2.45) is 0 Å². The summed E-state index contributed by atoms with van der Waals surface area (Å²) in [5.74, 6) is 0. The molecular weight excluding hydrogens is 254 g/mol. The van der Waals surface area contributed by atoms with Gasteiger partial charge in [-0.15, -0.1) is 0 Å². The van der Waals surface area contributed by atoms with E-state index in [0.29, 0.717) is 6.04 Å². The normalized spacial score (nSPS) is 16.8. The molecule has 2 heterocycles. The molecule has 0 aromatic carbocycles. The number of rotatable bonds is 7. The fourth-order valence-electron chi connectivity index (χ4n) is 2.86. The number of methoxy groups -OCH3 is 1. The van der Waals surface area contributed by atoms with Crippen LogP contribution < -0.4 is 5.32 Å². The third-order valence-corrected chi connectivity index (χ3v) is 4.05. The monoisotopic (exact) mass is 281 g/mol. The van der Waals surface area contributed by atoms with Gasteiger partial charge >= 0.3 is 0 Å². The highest BCUT2D eigenvalue weighted by atomic mass is 16.5. The minimum Gasteiger partial charge on any atom is -0.383 e. The van der Waals surface area contributed by atoms with Crippen LogP contribution >= 0.6 is 0 Å². The summed E-state index contributed by atoms with van der Waals surface area (Å²) in [6.07, 6.45) is 3.19. The molecule has 5 heteroatoms. The third-order valence-electron chi connectivity index (χ3n) is 4.05. The minimum atomic E-state index is 0.512. The summed E-state index contributed by atoms with van der Waals surface area (Å²) in [6.45, 7) is 8.67. The van der Waals surface area contributed by atoms with Crippen molar-refractivity contribution in [2.45, 2.75) is 39.2 Å². The van der Waals surface area contributed by atoms with E-state index in [4.69, 9.17) is 14.6 Å². The van der Waals surface area contributed by atoms with Crippen molar-refractivity contribution in [3.05, 3.63) is 17.0 Å². The number of aromatic nitrogens is 2. The zero-order valence-corrected chi connectivity index (χ0v) is 12.9. The molecule has 1 aliphatic heterocycles. The van der Waals surface area contributed by atoms with Gasteiger partial charge in [0.25, 0.3) is 0 Å². The molecule has 0 atom stereocenters. The van der Waals surface area contributed by atoms with Crippen LogP contribution in [-0.4, -0.2) is 49.8 Å². The number of aryl methyl sites for hydroxylation is 1. The summed E-state index contributed by atoms with van der Waals surface area (Å²) >= 11 is 0. The molecule has 0 saturated carbocycles. The van der Waals surface area contributed by atoms with Crippen LogP contribution in [0.1, 0.15) is 35.8 Å². The standard InChI is InChI=1S/C15H27N3O2/c1-12-15(4-7-16-8-11-19-3)13(2)18(17-12)14-5-9-20-10-6-14/h14,16H,4-11H2,1-3H3. The summed E-state index contributed by atoms with van der Waals surface area (Å²) in [5, 5.41) is 8.15. The maximum atomic E-state index is 5.44. The molecule has 0 spiro atoms. The second kappa shape index (κ2) is 7.76. The molecule has 20 heavy (non-hydrogen) atoms.